The minimum atomic E-state index is -4.33. The zero-order chi connectivity index (χ0) is 31.7. The monoisotopic (exact) mass is 626 g/mol. The number of hydrogen-bond donors (Lipinski definition) is 2. The van der Waals surface area contributed by atoms with Gasteiger partial charge in [0.05, 0.1) is 12.6 Å². The first-order valence-corrected chi connectivity index (χ1v) is 15.8. The number of benzene rings is 3. The molecule has 230 valence electrons. The Kier molecular flexibility index (Phi) is 8.09. The van der Waals surface area contributed by atoms with Crippen molar-refractivity contribution in [3.05, 3.63) is 120 Å². The Labute approximate surface area is 260 Å². The first-order valence-electron chi connectivity index (χ1n) is 14.4. The lowest BCUT2D eigenvalue weighted by Gasteiger charge is -2.28. The third-order valence-electron chi connectivity index (χ3n) is 8.23. The fraction of sp³-hybridized carbons (Fsp3) is 0.212. The summed E-state index contributed by atoms with van der Waals surface area (Å²) in [5, 5.41) is 24.6. The second kappa shape index (κ2) is 12.1. The number of nitrogens with one attached hydrogen (secondary N) is 1. The molecule has 3 aromatic carbocycles. The molecule has 0 aliphatic carbocycles. The zero-order valence-electron chi connectivity index (χ0n) is 24.0. The van der Waals surface area contributed by atoms with Crippen LogP contribution in [0.25, 0.3) is 11.1 Å². The summed E-state index contributed by atoms with van der Waals surface area (Å²) in [4.78, 5) is 42.1. The predicted octanol–water partition coefficient (Wildman–Crippen LogP) is 2.28. The Morgan fingerprint density at radius 1 is 0.956 bits per heavy atom. The minimum absolute atomic E-state index is 0.00824. The average molecular weight is 627 g/mol. The maximum Gasteiger partial charge on any atom is 0.323 e. The molecular weight excluding hydrogens is 596 g/mol. The SMILES string of the molecule is O=C(NC(Cc1cccc(O)c1)C(=O)N1CCC2C1C(=O)CN2S(=O)(=O)c1cccc[n+]1[O-])c1ccc(-c2ccccc2)cc1. The highest BCUT2D eigenvalue weighted by Gasteiger charge is 2.55. The number of aromatic hydroxyl groups is 1. The molecule has 0 bridgehead atoms. The molecule has 4 aromatic rings. The van der Waals surface area contributed by atoms with Crippen molar-refractivity contribution in [2.75, 3.05) is 13.1 Å². The number of carbonyl (C=O) groups is 3. The third kappa shape index (κ3) is 5.89. The van der Waals surface area contributed by atoms with Gasteiger partial charge in [-0.1, -0.05) is 54.6 Å². The lowest BCUT2D eigenvalue weighted by molar-refractivity contribution is -0.646. The van der Waals surface area contributed by atoms with E-state index in [1.807, 2.05) is 42.5 Å². The normalized spacial score (nSPS) is 18.8. The van der Waals surface area contributed by atoms with E-state index < -0.39 is 57.3 Å². The number of ketones is 1. The Bertz CT molecular complexity index is 1870. The summed E-state index contributed by atoms with van der Waals surface area (Å²) < 4.78 is 28.1. The molecule has 0 spiro atoms. The number of sulfonamides is 1. The number of phenols is 1. The van der Waals surface area contributed by atoms with Crippen molar-refractivity contribution < 1.29 is 32.6 Å². The molecule has 12 heteroatoms. The molecular formula is C33H30N4O7S. The number of Topliss-reactive ketones (excluding diaryl/α,β-unsaturated/α-hetero) is 1. The Morgan fingerprint density at radius 2 is 1.67 bits per heavy atom. The summed E-state index contributed by atoms with van der Waals surface area (Å²) in [7, 11) is -4.33. The number of likely N-dealkylation sites (tertiary alicyclic amines) is 1. The number of phenolic OH excluding ortho intramolecular Hbond substituents is 1. The van der Waals surface area contributed by atoms with Gasteiger partial charge in [0.1, 0.15) is 17.8 Å². The standard InChI is InChI=1S/C33H30N4O7S/c38-26-10-6-7-22(19-26)20-27(34-32(40)25-14-12-24(13-15-25)23-8-2-1-3-9-23)33(41)35-18-16-28-31(35)29(39)21-37(28)45(43,44)30-11-4-5-17-36(30)42/h1-15,17,19,27-28,31,38H,16,18,20-21H2,(H,34,40). The summed E-state index contributed by atoms with van der Waals surface area (Å²) in [5.74, 6) is -1.53. The molecule has 6 rings (SSSR count). The van der Waals surface area contributed by atoms with E-state index >= 15 is 0 Å². The Hall–Kier alpha value is -5.07. The van der Waals surface area contributed by atoms with Gasteiger partial charge in [-0.3, -0.25) is 14.4 Å². The van der Waals surface area contributed by atoms with Crippen LogP contribution in [0.5, 0.6) is 5.75 Å². The van der Waals surface area contributed by atoms with Gasteiger partial charge >= 0.3 is 15.0 Å². The van der Waals surface area contributed by atoms with Crippen LogP contribution in [0, 0.1) is 5.21 Å². The Balaban J connectivity index is 1.25. The van der Waals surface area contributed by atoms with Crippen LogP contribution >= 0.6 is 0 Å². The molecule has 2 aliphatic rings. The summed E-state index contributed by atoms with van der Waals surface area (Å²) in [5.41, 5.74) is 2.81. The van der Waals surface area contributed by atoms with Crippen LogP contribution in [-0.2, 0) is 26.0 Å². The number of aromatic nitrogens is 1. The molecule has 11 nitrogen and oxygen atoms in total. The van der Waals surface area contributed by atoms with Crippen molar-refractivity contribution in [1.29, 1.82) is 0 Å². The maximum atomic E-state index is 14.1. The number of pyridine rings is 1. The van der Waals surface area contributed by atoms with Gasteiger partial charge in [0.15, 0.2) is 12.0 Å². The van der Waals surface area contributed by atoms with E-state index in [0.717, 1.165) is 21.6 Å². The number of nitrogens with zero attached hydrogens (tertiary/aromatic N) is 3. The molecule has 2 fully saturated rings. The second-order valence-corrected chi connectivity index (χ2v) is 12.9. The Morgan fingerprint density at radius 3 is 2.38 bits per heavy atom. The van der Waals surface area contributed by atoms with Crippen molar-refractivity contribution in [1.82, 2.24) is 14.5 Å². The van der Waals surface area contributed by atoms with Crippen LogP contribution in [-0.4, -0.2) is 71.5 Å². The maximum absolute atomic E-state index is 14.1. The van der Waals surface area contributed by atoms with Gasteiger partial charge in [0, 0.05) is 30.7 Å². The molecule has 3 heterocycles. The number of rotatable bonds is 8. The lowest BCUT2D eigenvalue weighted by Crippen LogP contribution is -2.53. The van der Waals surface area contributed by atoms with Crippen molar-refractivity contribution in [2.45, 2.75) is 36.0 Å². The van der Waals surface area contributed by atoms with Crippen LogP contribution in [0.15, 0.2) is 108 Å². The molecule has 3 atom stereocenters. The van der Waals surface area contributed by atoms with E-state index in [9.17, 15) is 33.1 Å². The van der Waals surface area contributed by atoms with Crippen molar-refractivity contribution in [3.63, 3.8) is 0 Å². The van der Waals surface area contributed by atoms with Crippen LogP contribution < -0.4 is 10.0 Å². The van der Waals surface area contributed by atoms with Gasteiger partial charge in [0.2, 0.25) is 5.91 Å². The van der Waals surface area contributed by atoms with Gasteiger partial charge in [-0.15, -0.1) is 0 Å². The molecule has 0 radical (unpaired) electrons. The quantitative estimate of drug-likeness (QED) is 0.225. The van der Waals surface area contributed by atoms with E-state index in [1.54, 1.807) is 24.3 Å². The number of carbonyl (C=O) groups excluding carboxylic acids is 3. The first-order chi connectivity index (χ1) is 21.6. The highest BCUT2D eigenvalue weighted by atomic mass is 32.2. The summed E-state index contributed by atoms with van der Waals surface area (Å²) in [6.07, 6.45) is 1.27. The summed E-state index contributed by atoms with van der Waals surface area (Å²) in [6, 6.07) is 23.9. The van der Waals surface area contributed by atoms with E-state index in [1.165, 1.54) is 35.2 Å². The smallest absolute Gasteiger partial charge is 0.323 e. The molecule has 1 aromatic heterocycles. The molecule has 3 unspecified atom stereocenters. The lowest BCUT2D eigenvalue weighted by atomic mass is 10.0. The van der Waals surface area contributed by atoms with Gasteiger partial charge in [0.25, 0.3) is 5.91 Å². The molecule has 2 N–H and O–H groups in total. The zero-order valence-corrected chi connectivity index (χ0v) is 24.8. The highest BCUT2D eigenvalue weighted by molar-refractivity contribution is 7.89. The number of hydrogen-bond acceptors (Lipinski definition) is 7. The van der Waals surface area contributed by atoms with Gasteiger partial charge in [-0.2, -0.15) is 9.04 Å². The second-order valence-electron chi connectivity index (χ2n) is 11.1. The molecule has 2 saturated heterocycles. The van der Waals surface area contributed by atoms with Crippen LogP contribution in [0.4, 0.5) is 0 Å². The topological polar surface area (TPSA) is 151 Å². The van der Waals surface area contributed by atoms with E-state index in [-0.39, 0.29) is 29.9 Å². The molecule has 45 heavy (non-hydrogen) atoms. The van der Waals surface area contributed by atoms with Gasteiger partial charge in [-0.25, -0.2) is 8.42 Å². The third-order valence-corrected chi connectivity index (χ3v) is 10.1. The number of fused-ring (bicyclic) bond motifs is 1. The van der Waals surface area contributed by atoms with Crippen LogP contribution in [0.1, 0.15) is 22.3 Å². The van der Waals surface area contributed by atoms with E-state index in [4.69, 9.17) is 0 Å². The summed E-state index contributed by atoms with van der Waals surface area (Å²) in [6.45, 7) is -0.399. The average Bonchev–Trinajstić information content (AvgIpc) is 3.62. The van der Waals surface area contributed by atoms with Crippen molar-refractivity contribution in [3.8, 4) is 16.9 Å². The van der Waals surface area contributed by atoms with E-state index in [2.05, 4.69) is 5.32 Å². The first kappa shape index (κ1) is 30.0. The highest BCUT2D eigenvalue weighted by Crippen LogP contribution is 2.34. The minimum Gasteiger partial charge on any atom is -0.618 e. The van der Waals surface area contributed by atoms with E-state index in [0.29, 0.717) is 11.1 Å². The fourth-order valence-electron chi connectivity index (χ4n) is 6.08. The number of amides is 2. The summed E-state index contributed by atoms with van der Waals surface area (Å²) >= 11 is 0. The largest absolute Gasteiger partial charge is 0.618 e. The van der Waals surface area contributed by atoms with Gasteiger partial charge < -0.3 is 20.5 Å². The van der Waals surface area contributed by atoms with Gasteiger partial charge in [-0.05, 0) is 53.4 Å². The molecule has 0 saturated carbocycles. The predicted molar refractivity (Wildman–Crippen MR) is 163 cm³/mol. The van der Waals surface area contributed by atoms with Crippen molar-refractivity contribution >= 4 is 27.6 Å². The van der Waals surface area contributed by atoms with Crippen LogP contribution in [0.2, 0.25) is 0 Å². The molecule has 2 aliphatic heterocycles. The fourth-order valence-corrected chi connectivity index (χ4v) is 7.73. The molecule has 2 amide bonds. The van der Waals surface area contributed by atoms with Crippen molar-refractivity contribution in [2.24, 2.45) is 0 Å². The van der Waals surface area contributed by atoms with Crippen LogP contribution in [0.3, 0.4) is 0 Å².